The zero-order chi connectivity index (χ0) is 27.7. The van der Waals surface area contributed by atoms with Crippen molar-refractivity contribution in [3.63, 3.8) is 0 Å². The van der Waals surface area contributed by atoms with Gasteiger partial charge in [0.15, 0.2) is 5.82 Å². The molecule has 0 radical (unpaired) electrons. The van der Waals surface area contributed by atoms with Gasteiger partial charge >= 0.3 is 0 Å². The topological polar surface area (TPSA) is 118 Å². The van der Waals surface area contributed by atoms with E-state index >= 15 is 0 Å². The van der Waals surface area contributed by atoms with Gasteiger partial charge in [-0.05, 0) is 64.3 Å². The van der Waals surface area contributed by atoms with E-state index in [-0.39, 0.29) is 24.2 Å². The van der Waals surface area contributed by atoms with Gasteiger partial charge in [0.1, 0.15) is 16.9 Å². The number of aromatic nitrogens is 3. The molecule has 9 nitrogen and oxygen atoms in total. The third-order valence-electron chi connectivity index (χ3n) is 7.62. The summed E-state index contributed by atoms with van der Waals surface area (Å²) in [5, 5.41) is 13.5. The highest BCUT2D eigenvalue weighted by atomic mass is 35.5. The summed E-state index contributed by atoms with van der Waals surface area (Å²) in [6.07, 6.45) is 2.23. The van der Waals surface area contributed by atoms with Crippen LogP contribution in [0.1, 0.15) is 64.9 Å². The Bertz CT molecular complexity index is 1400. The highest BCUT2D eigenvalue weighted by Crippen LogP contribution is 2.39. The molecule has 0 bridgehead atoms. The van der Waals surface area contributed by atoms with Gasteiger partial charge in [-0.3, -0.25) is 19.1 Å². The SMILES string of the molecule is Cc1sc2c(c1C)C(c1ccc(Cl)cc1)=N[C@@H](CC(=O)N1CCC(C(=O)NCCCN)CC1)c1nnc(C)n1-2. The quantitative estimate of drug-likeness (QED) is 0.420. The molecule has 4 heterocycles. The van der Waals surface area contributed by atoms with Gasteiger partial charge in [-0.1, -0.05) is 23.7 Å². The maximum Gasteiger partial charge on any atom is 0.225 e. The molecule has 2 aromatic heterocycles. The Kier molecular flexibility index (Phi) is 8.16. The van der Waals surface area contributed by atoms with E-state index in [9.17, 15) is 9.59 Å². The van der Waals surface area contributed by atoms with Crippen molar-refractivity contribution in [2.75, 3.05) is 26.2 Å². The van der Waals surface area contributed by atoms with Crippen LogP contribution in [0.3, 0.4) is 0 Å². The van der Waals surface area contributed by atoms with Gasteiger partial charge in [-0.2, -0.15) is 0 Å². The number of rotatable bonds is 7. The summed E-state index contributed by atoms with van der Waals surface area (Å²) < 4.78 is 2.06. The summed E-state index contributed by atoms with van der Waals surface area (Å²) in [5.74, 6) is 1.41. The van der Waals surface area contributed by atoms with E-state index in [1.807, 2.05) is 36.1 Å². The normalized spacial score (nSPS) is 17.3. The summed E-state index contributed by atoms with van der Waals surface area (Å²) >= 11 is 7.89. The first kappa shape index (κ1) is 27.5. The number of aliphatic imine (C=N–C) groups is 1. The number of nitrogens with one attached hydrogen (secondary N) is 1. The van der Waals surface area contributed by atoms with Crippen LogP contribution in [0.5, 0.6) is 0 Å². The van der Waals surface area contributed by atoms with E-state index in [2.05, 4.69) is 33.9 Å². The molecular weight excluding hydrogens is 534 g/mol. The molecule has 5 rings (SSSR count). The van der Waals surface area contributed by atoms with Crippen LogP contribution in [0, 0.1) is 26.7 Å². The van der Waals surface area contributed by atoms with Crippen molar-refractivity contribution in [2.45, 2.75) is 52.5 Å². The van der Waals surface area contributed by atoms with E-state index < -0.39 is 6.04 Å². The highest BCUT2D eigenvalue weighted by Gasteiger charge is 2.34. The molecule has 1 atom stereocenters. The maximum atomic E-state index is 13.6. The van der Waals surface area contributed by atoms with Crippen molar-refractivity contribution in [1.29, 1.82) is 0 Å². The van der Waals surface area contributed by atoms with Gasteiger partial charge < -0.3 is 16.0 Å². The molecule has 0 unspecified atom stereocenters. The van der Waals surface area contributed by atoms with E-state index in [1.54, 1.807) is 11.3 Å². The van der Waals surface area contributed by atoms with Crippen molar-refractivity contribution in [3.8, 4) is 5.00 Å². The van der Waals surface area contributed by atoms with Gasteiger partial charge in [-0.15, -0.1) is 21.5 Å². The monoisotopic (exact) mass is 567 g/mol. The molecule has 1 fully saturated rings. The van der Waals surface area contributed by atoms with Gasteiger partial charge in [0.25, 0.3) is 0 Å². The highest BCUT2D eigenvalue weighted by molar-refractivity contribution is 7.15. The Balaban J connectivity index is 1.42. The Labute approximate surface area is 237 Å². The standard InChI is InChI=1S/C28H34ClN7O2S/c1-16-17(2)39-28-24(16)25(19-5-7-21(29)8-6-19)32-22(26-34-33-18(3)36(26)28)15-23(37)35-13-9-20(10-14-35)27(38)31-12-4-11-30/h5-8,20,22H,4,9-15,30H2,1-3H3,(H,31,38)/t22-/m0/s1. The minimum Gasteiger partial charge on any atom is -0.356 e. The van der Waals surface area contributed by atoms with Crippen LogP contribution in [0.2, 0.25) is 5.02 Å². The summed E-state index contributed by atoms with van der Waals surface area (Å²) in [6, 6.07) is 7.17. The summed E-state index contributed by atoms with van der Waals surface area (Å²) in [5.41, 5.74) is 9.49. The number of aryl methyl sites for hydroxylation is 2. The fourth-order valence-electron chi connectivity index (χ4n) is 5.28. The number of halogens is 1. The smallest absolute Gasteiger partial charge is 0.225 e. The number of hydrogen-bond acceptors (Lipinski definition) is 7. The molecule has 1 aromatic carbocycles. The zero-order valence-corrected chi connectivity index (χ0v) is 24.1. The lowest BCUT2D eigenvalue weighted by atomic mass is 9.95. The van der Waals surface area contributed by atoms with Gasteiger partial charge in [0.05, 0.1) is 12.1 Å². The molecule has 3 aromatic rings. The molecule has 1 saturated heterocycles. The molecular formula is C28H34ClN7O2S. The molecule has 2 amide bonds. The lowest BCUT2D eigenvalue weighted by Crippen LogP contribution is -2.43. The number of benzene rings is 1. The second-order valence-electron chi connectivity index (χ2n) is 10.2. The number of amides is 2. The number of likely N-dealkylation sites (tertiary alicyclic amines) is 1. The number of piperidine rings is 1. The molecule has 2 aliphatic heterocycles. The van der Waals surface area contributed by atoms with Gasteiger partial charge in [0, 0.05) is 46.6 Å². The van der Waals surface area contributed by atoms with Crippen LogP contribution < -0.4 is 11.1 Å². The minimum absolute atomic E-state index is 0.00607. The third kappa shape index (κ3) is 5.50. The third-order valence-corrected chi connectivity index (χ3v) is 9.07. The van der Waals surface area contributed by atoms with Crippen molar-refractivity contribution >= 4 is 40.5 Å². The van der Waals surface area contributed by atoms with E-state index in [0.717, 1.165) is 39.6 Å². The number of nitrogens with zero attached hydrogens (tertiary/aromatic N) is 5. The Morgan fingerprint density at radius 3 is 2.54 bits per heavy atom. The Hall–Kier alpha value is -3.08. The lowest BCUT2D eigenvalue weighted by molar-refractivity contribution is -0.136. The largest absolute Gasteiger partial charge is 0.356 e. The second-order valence-corrected chi connectivity index (χ2v) is 11.8. The molecule has 2 aliphatic rings. The fraction of sp³-hybridized carbons (Fsp3) is 0.464. The predicted octanol–water partition coefficient (Wildman–Crippen LogP) is 3.89. The number of nitrogens with two attached hydrogens (primary N) is 1. The van der Waals surface area contributed by atoms with E-state index in [0.29, 0.717) is 49.9 Å². The zero-order valence-electron chi connectivity index (χ0n) is 22.5. The average molecular weight is 568 g/mol. The van der Waals surface area contributed by atoms with Crippen LogP contribution in [0.15, 0.2) is 29.3 Å². The van der Waals surface area contributed by atoms with Crippen LogP contribution in [-0.2, 0) is 9.59 Å². The van der Waals surface area contributed by atoms with Gasteiger partial charge in [-0.25, -0.2) is 0 Å². The van der Waals surface area contributed by atoms with E-state index in [1.165, 1.54) is 4.88 Å². The number of carbonyl (C=O) groups is 2. The molecule has 0 aliphatic carbocycles. The van der Waals surface area contributed by atoms with Crippen molar-refractivity contribution < 1.29 is 9.59 Å². The fourth-order valence-corrected chi connectivity index (χ4v) is 6.62. The van der Waals surface area contributed by atoms with Crippen molar-refractivity contribution in [3.05, 3.63) is 62.5 Å². The van der Waals surface area contributed by atoms with Crippen molar-refractivity contribution in [1.82, 2.24) is 25.0 Å². The van der Waals surface area contributed by atoms with E-state index in [4.69, 9.17) is 22.3 Å². The maximum absolute atomic E-state index is 13.6. The number of fused-ring (bicyclic) bond motifs is 3. The second kappa shape index (κ2) is 11.6. The van der Waals surface area contributed by atoms with Crippen LogP contribution >= 0.6 is 22.9 Å². The summed E-state index contributed by atoms with van der Waals surface area (Å²) in [4.78, 5) is 34.3. The molecule has 39 heavy (non-hydrogen) atoms. The van der Waals surface area contributed by atoms with Gasteiger partial charge in [0.2, 0.25) is 11.8 Å². The first-order chi connectivity index (χ1) is 18.8. The number of carbonyl (C=O) groups excluding carboxylic acids is 2. The Morgan fingerprint density at radius 2 is 1.85 bits per heavy atom. The van der Waals surface area contributed by atoms with Crippen LogP contribution in [0.25, 0.3) is 5.00 Å². The molecule has 0 spiro atoms. The molecule has 3 N–H and O–H groups in total. The summed E-state index contributed by atoms with van der Waals surface area (Å²) in [6.45, 7) is 8.39. The number of thiophene rings is 1. The Morgan fingerprint density at radius 1 is 1.13 bits per heavy atom. The van der Waals surface area contributed by atoms with Crippen LogP contribution in [0.4, 0.5) is 0 Å². The summed E-state index contributed by atoms with van der Waals surface area (Å²) in [7, 11) is 0. The minimum atomic E-state index is -0.499. The predicted molar refractivity (Wildman–Crippen MR) is 154 cm³/mol. The van der Waals surface area contributed by atoms with Crippen LogP contribution in [-0.4, -0.2) is 63.4 Å². The number of hydrogen-bond donors (Lipinski definition) is 2. The molecule has 0 saturated carbocycles. The first-order valence-electron chi connectivity index (χ1n) is 13.4. The molecule has 11 heteroatoms. The lowest BCUT2D eigenvalue weighted by Gasteiger charge is -2.32. The first-order valence-corrected chi connectivity index (χ1v) is 14.6. The molecule has 206 valence electrons. The average Bonchev–Trinajstić information content (AvgIpc) is 3.41. The van der Waals surface area contributed by atoms with Crippen molar-refractivity contribution in [2.24, 2.45) is 16.6 Å².